The molecule has 0 aromatic heterocycles. The second-order valence-corrected chi connectivity index (χ2v) is 6.47. The minimum absolute atomic E-state index is 0.0980. The molecule has 0 spiro atoms. The Morgan fingerprint density at radius 1 is 1.08 bits per heavy atom. The summed E-state index contributed by atoms with van der Waals surface area (Å²) in [4.78, 5) is 15.4. The van der Waals surface area contributed by atoms with Crippen LogP contribution in [0.25, 0.3) is 0 Å². The Morgan fingerprint density at radius 3 is 2.58 bits per heavy atom. The zero-order valence-corrected chi connectivity index (χ0v) is 14.6. The molecule has 0 aliphatic carbocycles. The van der Waals surface area contributed by atoms with E-state index < -0.39 is 0 Å². The van der Waals surface area contributed by atoms with Crippen LogP contribution in [-0.2, 0) is 4.79 Å². The van der Waals surface area contributed by atoms with Gasteiger partial charge in [-0.25, -0.2) is 0 Å². The number of thioether (sulfide) groups is 1. The highest BCUT2D eigenvalue weighted by atomic mass is 32.2. The highest BCUT2D eigenvalue weighted by Gasteiger charge is 2.15. The van der Waals surface area contributed by atoms with Crippen LogP contribution in [0.15, 0.2) is 53.4 Å². The highest BCUT2D eigenvalue weighted by Crippen LogP contribution is 2.34. The fourth-order valence-corrected chi connectivity index (χ4v) is 3.37. The Morgan fingerprint density at radius 2 is 1.83 bits per heavy atom. The topological polar surface area (TPSA) is 38.8 Å². The number of ether oxygens (including phenoxy) is 2. The third-order valence-corrected chi connectivity index (χ3v) is 4.74. The maximum absolute atomic E-state index is 12.5. The molecule has 0 N–H and O–H groups in total. The molecule has 0 unspecified atom stereocenters. The number of hydrogen-bond donors (Lipinski definition) is 0. The molecular formula is C19H21NO3S. The zero-order chi connectivity index (χ0) is 16.8. The van der Waals surface area contributed by atoms with E-state index in [1.54, 1.807) is 4.90 Å². The number of para-hydroxylation sites is 1. The van der Waals surface area contributed by atoms with Crippen LogP contribution in [0.4, 0.5) is 5.69 Å². The van der Waals surface area contributed by atoms with Crippen LogP contribution in [0.5, 0.6) is 11.5 Å². The number of benzene rings is 2. The van der Waals surface area contributed by atoms with Crippen molar-refractivity contribution in [3.05, 3.63) is 48.5 Å². The van der Waals surface area contributed by atoms with E-state index in [9.17, 15) is 4.79 Å². The predicted molar refractivity (Wildman–Crippen MR) is 97.2 cm³/mol. The van der Waals surface area contributed by atoms with Crippen LogP contribution in [0.1, 0.15) is 13.3 Å². The first-order chi connectivity index (χ1) is 11.8. The van der Waals surface area contributed by atoms with Crippen LogP contribution in [0, 0.1) is 0 Å². The monoisotopic (exact) mass is 343 g/mol. The third-order valence-electron chi connectivity index (χ3n) is 3.77. The summed E-state index contributed by atoms with van der Waals surface area (Å²) < 4.78 is 11.3. The smallest absolute Gasteiger partial charge is 0.237 e. The molecule has 0 bridgehead atoms. The number of hydrogen-bond acceptors (Lipinski definition) is 4. The van der Waals surface area contributed by atoms with Gasteiger partial charge < -0.3 is 14.4 Å². The lowest BCUT2D eigenvalue weighted by molar-refractivity contribution is -0.116. The molecule has 3 rings (SSSR count). The first-order valence-electron chi connectivity index (χ1n) is 8.16. The van der Waals surface area contributed by atoms with Crippen LogP contribution in [0.3, 0.4) is 0 Å². The molecule has 2 aromatic carbocycles. The van der Waals surface area contributed by atoms with E-state index in [1.165, 1.54) is 11.8 Å². The van der Waals surface area contributed by atoms with E-state index in [-0.39, 0.29) is 5.91 Å². The van der Waals surface area contributed by atoms with Gasteiger partial charge in [0, 0.05) is 23.5 Å². The van der Waals surface area contributed by atoms with Gasteiger partial charge in [-0.3, -0.25) is 4.79 Å². The second kappa shape index (κ2) is 8.11. The number of amides is 1. The van der Waals surface area contributed by atoms with E-state index in [4.69, 9.17) is 9.47 Å². The molecule has 0 radical (unpaired) electrons. The summed E-state index contributed by atoms with van der Waals surface area (Å²) in [5, 5.41) is 0. The molecule has 1 aliphatic rings. The Balaban J connectivity index is 1.64. The number of rotatable bonds is 5. The fourth-order valence-electron chi connectivity index (χ4n) is 2.57. The summed E-state index contributed by atoms with van der Waals surface area (Å²) in [6.07, 6.45) is 0.887. The lowest BCUT2D eigenvalue weighted by Crippen LogP contribution is -2.32. The summed E-state index contributed by atoms with van der Waals surface area (Å²) in [7, 11) is 0. The van der Waals surface area contributed by atoms with E-state index in [1.807, 2.05) is 55.5 Å². The lowest BCUT2D eigenvalue weighted by atomic mass is 10.3. The van der Waals surface area contributed by atoms with Gasteiger partial charge in [-0.05, 0) is 37.3 Å². The average molecular weight is 343 g/mol. The van der Waals surface area contributed by atoms with Crippen molar-refractivity contribution < 1.29 is 14.3 Å². The molecular weight excluding hydrogens is 322 g/mol. The first kappa shape index (κ1) is 16.7. The predicted octanol–water partition coefficient (Wildman–Crippen LogP) is 3.99. The molecule has 0 fully saturated rings. The number of carbonyl (C=O) groups is 1. The van der Waals surface area contributed by atoms with Gasteiger partial charge in [0.2, 0.25) is 5.91 Å². The van der Waals surface area contributed by atoms with Crippen molar-refractivity contribution in [3.63, 3.8) is 0 Å². The second-order valence-electron chi connectivity index (χ2n) is 5.42. The third kappa shape index (κ3) is 4.03. The zero-order valence-electron chi connectivity index (χ0n) is 13.7. The molecule has 0 saturated carbocycles. The average Bonchev–Trinajstić information content (AvgIpc) is 2.86. The summed E-state index contributed by atoms with van der Waals surface area (Å²) in [6.45, 7) is 3.99. The van der Waals surface area contributed by atoms with Gasteiger partial charge in [-0.1, -0.05) is 18.2 Å². The Bertz CT molecular complexity index is 690. The van der Waals surface area contributed by atoms with Crippen LogP contribution in [-0.4, -0.2) is 31.4 Å². The Hall–Kier alpha value is -2.14. The number of anilines is 1. The molecule has 24 heavy (non-hydrogen) atoms. The quantitative estimate of drug-likeness (QED) is 0.770. The van der Waals surface area contributed by atoms with E-state index in [0.717, 1.165) is 28.5 Å². The van der Waals surface area contributed by atoms with Gasteiger partial charge in [0.15, 0.2) is 11.5 Å². The molecule has 0 saturated heterocycles. The first-order valence-corrected chi connectivity index (χ1v) is 9.14. The Labute approximate surface area is 146 Å². The van der Waals surface area contributed by atoms with Crippen molar-refractivity contribution in [1.29, 1.82) is 0 Å². The van der Waals surface area contributed by atoms with Crippen LogP contribution >= 0.6 is 11.8 Å². The SMILES string of the molecule is CCN(C(=O)CSc1ccc2c(c1)OCCCO2)c1ccccc1. The van der Waals surface area contributed by atoms with Gasteiger partial charge >= 0.3 is 0 Å². The van der Waals surface area contributed by atoms with Crippen molar-refractivity contribution in [2.75, 3.05) is 30.4 Å². The molecule has 4 nitrogen and oxygen atoms in total. The Kier molecular flexibility index (Phi) is 5.64. The van der Waals surface area contributed by atoms with Crippen molar-refractivity contribution in [1.82, 2.24) is 0 Å². The standard InChI is InChI=1S/C19H21NO3S/c1-2-20(15-7-4-3-5-8-15)19(21)14-24-16-9-10-17-18(13-16)23-12-6-11-22-17/h3-5,7-10,13H,2,6,11-12,14H2,1H3. The van der Waals surface area contributed by atoms with Crippen molar-refractivity contribution in [2.45, 2.75) is 18.2 Å². The minimum atomic E-state index is 0.0980. The lowest BCUT2D eigenvalue weighted by Gasteiger charge is -2.20. The molecule has 2 aromatic rings. The minimum Gasteiger partial charge on any atom is -0.490 e. The molecule has 126 valence electrons. The summed E-state index contributed by atoms with van der Waals surface area (Å²) >= 11 is 1.52. The van der Waals surface area contributed by atoms with Crippen molar-refractivity contribution in [3.8, 4) is 11.5 Å². The van der Waals surface area contributed by atoms with Crippen LogP contribution in [0.2, 0.25) is 0 Å². The van der Waals surface area contributed by atoms with E-state index in [0.29, 0.717) is 25.5 Å². The maximum atomic E-state index is 12.5. The molecule has 1 aliphatic heterocycles. The molecule has 5 heteroatoms. The van der Waals surface area contributed by atoms with Crippen LogP contribution < -0.4 is 14.4 Å². The normalized spacial score (nSPS) is 13.2. The highest BCUT2D eigenvalue weighted by molar-refractivity contribution is 8.00. The van der Waals surface area contributed by atoms with E-state index in [2.05, 4.69) is 0 Å². The molecule has 1 heterocycles. The van der Waals surface area contributed by atoms with Gasteiger partial charge in [-0.2, -0.15) is 0 Å². The molecule has 1 amide bonds. The van der Waals surface area contributed by atoms with Crippen molar-refractivity contribution in [2.24, 2.45) is 0 Å². The van der Waals surface area contributed by atoms with Gasteiger partial charge in [0.1, 0.15) is 0 Å². The number of fused-ring (bicyclic) bond motifs is 1. The maximum Gasteiger partial charge on any atom is 0.237 e. The summed E-state index contributed by atoms with van der Waals surface area (Å²) in [5.41, 5.74) is 0.935. The fraction of sp³-hybridized carbons (Fsp3) is 0.316. The number of carbonyl (C=O) groups excluding carboxylic acids is 1. The van der Waals surface area contributed by atoms with Gasteiger partial charge in [0.25, 0.3) is 0 Å². The summed E-state index contributed by atoms with van der Waals surface area (Å²) in [6, 6.07) is 15.6. The largest absolute Gasteiger partial charge is 0.490 e. The van der Waals surface area contributed by atoms with E-state index >= 15 is 0 Å². The van der Waals surface area contributed by atoms with Crippen molar-refractivity contribution >= 4 is 23.4 Å². The number of nitrogens with zero attached hydrogens (tertiary/aromatic N) is 1. The summed E-state index contributed by atoms with van der Waals surface area (Å²) in [5.74, 6) is 2.03. The molecule has 0 atom stereocenters. The van der Waals surface area contributed by atoms with Gasteiger partial charge in [-0.15, -0.1) is 11.8 Å². The van der Waals surface area contributed by atoms with Gasteiger partial charge in [0.05, 0.1) is 19.0 Å².